The molecule has 2 saturated heterocycles. The van der Waals surface area contributed by atoms with Crippen LogP contribution >= 0.6 is 0 Å². The van der Waals surface area contributed by atoms with Crippen LogP contribution in [0.3, 0.4) is 0 Å². The van der Waals surface area contributed by atoms with E-state index in [0.717, 1.165) is 80.3 Å². The van der Waals surface area contributed by atoms with Gasteiger partial charge < -0.3 is 33.9 Å². The zero-order valence-corrected chi connectivity index (χ0v) is 26.0. The molecule has 0 radical (unpaired) electrons. The molecule has 2 fully saturated rings. The van der Waals surface area contributed by atoms with Crippen LogP contribution in [0.15, 0.2) is 59.6 Å². The van der Waals surface area contributed by atoms with Crippen LogP contribution in [0.1, 0.15) is 36.5 Å². The van der Waals surface area contributed by atoms with E-state index in [-0.39, 0.29) is 11.9 Å². The number of aliphatic imine (C=N–C) groups is 1. The number of fused-ring (bicyclic) bond motifs is 3. The van der Waals surface area contributed by atoms with Crippen LogP contribution in [0.25, 0.3) is 22.4 Å². The maximum absolute atomic E-state index is 13.1. The van der Waals surface area contributed by atoms with Gasteiger partial charge in [0.15, 0.2) is 11.5 Å². The standard InChI is InChI=1S/C35H40N6O4/c1-3-39-14-16-40(17-15-39)25-9-12-29-31(20-25)38-34(37-29)24-7-10-27(11-8-24)44-18-5-19-45-33-22-30-28(21-32(33)43-2)35(42)41-13-4-6-26(41)23-36-30/h7-12,20-23,26H,3-6,13-19H2,1-2H3,(H,37,38)/t26-/m0/s1. The summed E-state index contributed by atoms with van der Waals surface area (Å²) in [6.45, 7) is 9.34. The van der Waals surface area contributed by atoms with Gasteiger partial charge in [-0.1, -0.05) is 6.92 Å². The Balaban J connectivity index is 0.926. The van der Waals surface area contributed by atoms with Gasteiger partial charge in [-0.05, 0) is 67.9 Å². The molecule has 234 valence electrons. The highest BCUT2D eigenvalue weighted by Gasteiger charge is 2.32. The molecule has 1 atom stereocenters. The fraction of sp³-hybridized carbons (Fsp3) is 0.400. The number of piperazine rings is 1. The first-order valence-electron chi connectivity index (χ1n) is 16.0. The Labute approximate surface area is 263 Å². The van der Waals surface area contributed by atoms with Gasteiger partial charge in [0.25, 0.3) is 5.91 Å². The number of aromatic nitrogens is 2. The minimum Gasteiger partial charge on any atom is -0.493 e. The Morgan fingerprint density at radius 3 is 2.56 bits per heavy atom. The average molecular weight is 609 g/mol. The van der Waals surface area contributed by atoms with Gasteiger partial charge in [-0.25, -0.2) is 4.98 Å². The fourth-order valence-electron chi connectivity index (χ4n) is 6.41. The number of hydrogen-bond donors (Lipinski definition) is 1. The number of nitrogens with zero attached hydrogens (tertiary/aromatic N) is 5. The number of H-pyrrole nitrogens is 1. The highest BCUT2D eigenvalue weighted by Crippen LogP contribution is 2.38. The van der Waals surface area contributed by atoms with Crippen molar-refractivity contribution in [2.75, 3.05) is 64.5 Å². The van der Waals surface area contributed by atoms with Crippen LogP contribution in [0, 0.1) is 0 Å². The molecule has 45 heavy (non-hydrogen) atoms. The summed E-state index contributed by atoms with van der Waals surface area (Å²) in [5.74, 6) is 2.74. The minimum absolute atomic E-state index is 0.000281. The molecular formula is C35H40N6O4. The van der Waals surface area contributed by atoms with Crippen LogP contribution in [-0.4, -0.2) is 97.5 Å². The number of methoxy groups -OCH3 is 1. The minimum atomic E-state index is 0.000281. The SMILES string of the molecule is CCN1CCN(c2ccc3nc(-c4ccc(OCCCOc5cc6c(cc5OC)C(=O)N5CCC[C@H]5C=N6)cc4)[nH]c3c2)CC1. The number of carbonyl (C=O) groups excluding carboxylic acids is 1. The van der Waals surface area contributed by atoms with Gasteiger partial charge >= 0.3 is 0 Å². The smallest absolute Gasteiger partial charge is 0.256 e. The molecule has 3 aliphatic rings. The molecule has 7 rings (SSSR count). The van der Waals surface area contributed by atoms with Crippen molar-refractivity contribution in [3.8, 4) is 28.6 Å². The maximum atomic E-state index is 13.1. The Hall–Kier alpha value is -4.57. The second-order valence-corrected chi connectivity index (χ2v) is 11.8. The second kappa shape index (κ2) is 12.8. The third-order valence-corrected chi connectivity index (χ3v) is 9.05. The zero-order valence-electron chi connectivity index (χ0n) is 26.0. The molecule has 10 nitrogen and oxygen atoms in total. The lowest BCUT2D eigenvalue weighted by Gasteiger charge is -2.35. The van der Waals surface area contributed by atoms with Gasteiger partial charge in [-0.15, -0.1) is 0 Å². The largest absolute Gasteiger partial charge is 0.493 e. The summed E-state index contributed by atoms with van der Waals surface area (Å²) in [6, 6.07) is 18.1. The number of ether oxygens (including phenoxy) is 3. The molecule has 0 saturated carbocycles. The van der Waals surface area contributed by atoms with E-state index in [1.54, 1.807) is 19.2 Å². The number of rotatable bonds is 10. The summed E-state index contributed by atoms with van der Waals surface area (Å²) >= 11 is 0. The highest BCUT2D eigenvalue weighted by atomic mass is 16.5. The van der Waals surface area contributed by atoms with Crippen LogP contribution in [0.4, 0.5) is 11.4 Å². The summed E-state index contributed by atoms with van der Waals surface area (Å²) in [4.78, 5) is 32.9. The van der Waals surface area contributed by atoms with Crippen molar-refractivity contribution in [1.29, 1.82) is 0 Å². The number of nitrogens with one attached hydrogen (secondary N) is 1. The van der Waals surface area contributed by atoms with Crippen LogP contribution in [0.5, 0.6) is 17.2 Å². The number of likely N-dealkylation sites (N-methyl/N-ethyl adjacent to an activating group) is 1. The van der Waals surface area contributed by atoms with Crippen molar-refractivity contribution < 1.29 is 19.0 Å². The van der Waals surface area contributed by atoms with Crippen molar-refractivity contribution in [2.45, 2.75) is 32.2 Å². The molecule has 0 aliphatic carbocycles. The first kappa shape index (κ1) is 29.2. The first-order chi connectivity index (χ1) is 22.1. The van der Waals surface area contributed by atoms with E-state index in [9.17, 15) is 4.79 Å². The Bertz CT molecular complexity index is 1690. The maximum Gasteiger partial charge on any atom is 0.256 e. The van der Waals surface area contributed by atoms with Crippen molar-refractivity contribution >= 4 is 34.5 Å². The molecular weight excluding hydrogens is 568 g/mol. The predicted octanol–water partition coefficient (Wildman–Crippen LogP) is 5.55. The van der Waals surface area contributed by atoms with Gasteiger partial charge in [0.1, 0.15) is 11.6 Å². The van der Waals surface area contributed by atoms with Gasteiger partial charge in [-0.2, -0.15) is 0 Å². The highest BCUT2D eigenvalue weighted by molar-refractivity contribution is 6.03. The molecule has 1 N–H and O–H groups in total. The summed E-state index contributed by atoms with van der Waals surface area (Å²) in [7, 11) is 1.59. The summed E-state index contributed by atoms with van der Waals surface area (Å²) in [5.41, 5.74) is 5.44. The third kappa shape index (κ3) is 6.07. The lowest BCUT2D eigenvalue weighted by atomic mass is 10.1. The number of hydrogen-bond acceptors (Lipinski definition) is 8. The number of aromatic amines is 1. The monoisotopic (exact) mass is 608 g/mol. The van der Waals surface area contributed by atoms with Crippen molar-refractivity contribution in [1.82, 2.24) is 19.8 Å². The van der Waals surface area contributed by atoms with Crippen molar-refractivity contribution in [3.63, 3.8) is 0 Å². The molecule has 0 bridgehead atoms. The number of amides is 1. The number of anilines is 1. The summed E-state index contributed by atoms with van der Waals surface area (Å²) in [6.07, 6.45) is 4.51. The van der Waals surface area contributed by atoms with Crippen LogP contribution in [-0.2, 0) is 0 Å². The van der Waals surface area contributed by atoms with Gasteiger partial charge in [-0.3, -0.25) is 9.79 Å². The number of carbonyl (C=O) groups is 1. The van der Waals surface area contributed by atoms with Crippen molar-refractivity contribution in [3.05, 3.63) is 60.2 Å². The van der Waals surface area contributed by atoms with E-state index in [0.29, 0.717) is 42.4 Å². The zero-order chi connectivity index (χ0) is 30.8. The van der Waals surface area contributed by atoms with E-state index in [2.05, 4.69) is 44.9 Å². The van der Waals surface area contributed by atoms with Gasteiger partial charge in [0.05, 0.1) is 48.6 Å². The Kier molecular flexibility index (Phi) is 8.30. The predicted molar refractivity (Wildman–Crippen MR) is 177 cm³/mol. The number of imidazole rings is 1. The van der Waals surface area contributed by atoms with E-state index >= 15 is 0 Å². The molecule has 1 aromatic heterocycles. The molecule has 4 heterocycles. The Morgan fingerprint density at radius 2 is 1.76 bits per heavy atom. The quantitative estimate of drug-likeness (QED) is 0.236. The molecule has 4 aromatic rings. The molecule has 0 unspecified atom stereocenters. The molecule has 3 aromatic carbocycles. The molecule has 3 aliphatic heterocycles. The first-order valence-corrected chi connectivity index (χ1v) is 16.0. The molecule has 10 heteroatoms. The third-order valence-electron chi connectivity index (χ3n) is 9.05. The number of benzene rings is 3. The van der Waals surface area contributed by atoms with Crippen molar-refractivity contribution in [2.24, 2.45) is 4.99 Å². The van der Waals surface area contributed by atoms with E-state index in [1.165, 1.54) is 5.69 Å². The van der Waals surface area contributed by atoms with Crippen LogP contribution in [0.2, 0.25) is 0 Å². The topological polar surface area (TPSA) is 95.5 Å². The Morgan fingerprint density at radius 1 is 0.933 bits per heavy atom. The average Bonchev–Trinajstić information content (AvgIpc) is 3.71. The molecule has 1 amide bonds. The van der Waals surface area contributed by atoms with Crippen LogP contribution < -0.4 is 19.1 Å². The lowest BCUT2D eigenvalue weighted by molar-refractivity contribution is 0.0774. The van der Waals surface area contributed by atoms with E-state index < -0.39 is 0 Å². The van der Waals surface area contributed by atoms with Gasteiger partial charge in [0.2, 0.25) is 0 Å². The van der Waals surface area contributed by atoms with E-state index in [4.69, 9.17) is 19.2 Å². The second-order valence-electron chi connectivity index (χ2n) is 11.8. The van der Waals surface area contributed by atoms with E-state index in [1.807, 2.05) is 35.4 Å². The normalized spacial score (nSPS) is 18.2. The summed E-state index contributed by atoms with van der Waals surface area (Å²) in [5, 5.41) is 0. The van der Waals surface area contributed by atoms with Gasteiger partial charge in [0, 0.05) is 62.7 Å². The summed E-state index contributed by atoms with van der Waals surface area (Å²) < 4.78 is 17.6. The fourth-order valence-corrected chi connectivity index (χ4v) is 6.41. The lowest BCUT2D eigenvalue weighted by Crippen LogP contribution is -2.46. The molecule has 0 spiro atoms.